The highest BCUT2D eigenvalue weighted by molar-refractivity contribution is 5.46. The van der Waals surface area contributed by atoms with E-state index in [-0.39, 0.29) is 0 Å². The lowest BCUT2D eigenvalue weighted by Gasteiger charge is -2.32. The molecule has 2 aromatic heterocycles. The molecule has 0 amide bonds. The van der Waals surface area contributed by atoms with Crippen LogP contribution < -0.4 is 4.90 Å². The number of benzene rings is 1. The van der Waals surface area contributed by atoms with Gasteiger partial charge in [-0.3, -0.25) is 0 Å². The van der Waals surface area contributed by atoms with Crippen molar-refractivity contribution >= 4 is 11.5 Å². The summed E-state index contributed by atoms with van der Waals surface area (Å²) >= 11 is 0. The summed E-state index contributed by atoms with van der Waals surface area (Å²) < 4.78 is 1.82. The molecule has 3 heterocycles. The number of aromatic nitrogens is 4. The molecule has 23 heavy (non-hydrogen) atoms. The summed E-state index contributed by atoms with van der Waals surface area (Å²) in [6.45, 7) is 4.07. The molecule has 0 unspecified atom stereocenters. The van der Waals surface area contributed by atoms with E-state index in [0.717, 1.165) is 36.3 Å². The van der Waals surface area contributed by atoms with E-state index in [2.05, 4.69) is 56.6 Å². The molecule has 1 fully saturated rings. The second-order valence-electron chi connectivity index (χ2n) is 6.33. The Bertz CT molecular complexity index is 788. The van der Waals surface area contributed by atoms with Gasteiger partial charge >= 0.3 is 0 Å². The molecular formula is C18H21N5. The Labute approximate surface area is 136 Å². The summed E-state index contributed by atoms with van der Waals surface area (Å²) in [5.74, 6) is 2.63. The average Bonchev–Trinajstić information content (AvgIpc) is 2.97. The number of anilines is 1. The van der Waals surface area contributed by atoms with E-state index in [0.29, 0.717) is 0 Å². The fourth-order valence-corrected chi connectivity index (χ4v) is 3.37. The molecule has 5 nitrogen and oxygen atoms in total. The van der Waals surface area contributed by atoms with E-state index in [1.807, 2.05) is 17.5 Å². The molecule has 1 saturated heterocycles. The van der Waals surface area contributed by atoms with Crippen LogP contribution in [0.1, 0.15) is 24.2 Å². The monoisotopic (exact) mass is 307 g/mol. The number of nitrogens with zero attached hydrogens (tertiary/aromatic N) is 5. The summed E-state index contributed by atoms with van der Waals surface area (Å²) in [4.78, 5) is 2.38. The number of fused-ring (bicyclic) bond motifs is 1. The molecule has 1 aromatic carbocycles. The summed E-state index contributed by atoms with van der Waals surface area (Å²) in [7, 11) is 0. The van der Waals surface area contributed by atoms with Crippen LogP contribution in [0.5, 0.6) is 0 Å². The van der Waals surface area contributed by atoms with Gasteiger partial charge in [-0.15, -0.1) is 15.3 Å². The van der Waals surface area contributed by atoms with Crippen LogP contribution in [0.4, 0.5) is 5.82 Å². The molecule has 1 aliphatic heterocycles. The summed E-state index contributed by atoms with van der Waals surface area (Å²) in [5, 5.41) is 12.9. The zero-order chi connectivity index (χ0) is 15.6. The Balaban J connectivity index is 1.43. The third kappa shape index (κ3) is 2.91. The van der Waals surface area contributed by atoms with E-state index >= 15 is 0 Å². The minimum absolute atomic E-state index is 0.772. The number of rotatable bonds is 3. The van der Waals surface area contributed by atoms with Gasteiger partial charge in [-0.1, -0.05) is 30.3 Å². The van der Waals surface area contributed by atoms with Crippen molar-refractivity contribution in [1.29, 1.82) is 0 Å². The van der Waals surface area contributed by atoms with Crippen molar-refractivity contribution in [2.45, 2.75) is 26.2 Å². The highest BCUT2D eigenvalue weighted by Gasteiger charge is 2.21. The molecular weight excluding hydrogens is 286 g/mol. The van der Waals surface area contributed by atoms with Gasteiger partial charge in [0.1, 0.15) is 5.82 Å². The Hall–Kier alpha value is -2.43. The smallest absolute Gasteiger partial charge is 0.178 e. The quantitative estimate of drug-likeness (QED) is 0.746. The molecule has 0 bridgehead atoms. The van der Waals surface area contributed by atoms with Crippen LogP contribution in [0, 0.1) is 12.8 Å². The van der Waals surface area contributed by atoms with Gasteiger partial charge in [0, 0.05) is 13.1 Å². The lowest BCUT2D eigenvalue weighted by Crippen LogP contribution is -2.35. The average molecular weight is 307 g/mol. The number of hydrogen-bond donors (Lipinski definition) is 0. The fourth-order valence-electron chi connectivity index (χ4n) is 3.37. The Morgan fingerprint density at radius 1 is 1.00 bits per heavy atom. The van der Waals surface area contributed by atoms with E-state index in [9.17, 15) is 0 Å². The molecule has 118 valence electrons. The van der Waals surface area contributed by atoms with Gasteiger partial charge in [0.15, 0.2) is 11.5 Å². The first-order chi connectivity index (χ1) is 11.3. The lowest BCUT2D eigenvalue weighted by molar-refractivity contribution is 0.401. The molecule has 0 atom stereocenters. The fraction of sp³-hybridized carbons (Fsp3) is 0.389. The highest BCUT2D eigenvalue weighted by Crippen LogP contribution is 2.24. The molecule has 4 rings (SSSR count). The maximum Gasteiger partial charge on any atom is 0.178 e. The zero-order valence-corrected chi connectivity index (χ0v) is 13.4. The van der Waals surface area contributed by atoms with Gasteiger partial charge in [0.25, 0.3) is 0 Å². The third-order valence-electron chi connectivity index (χ3n) is 4.71. The molecule has 0 aliphatic carbocycles. The van der Waals surface area contributed by atoms with E-state index in [4.69, 9.17) is 0 Å². The molecule has 0 spiro atoms. The Kier molecular flexibility index (Phi) is 3.69. The standard InChI is InChI=1S/C18H21N5/c1-14-19-20-17-7-8-18(21-23(14)17)22-11-9-16(10-12-22)13-15-5-3-2-4-6-15/h2-8,16H,9-13H2,1H3. The van der Waals surface area contributed by atoms with Crippen molar-refractivity contribution in [3.05, 3.63) is 53.9 Å². The molecule has 0 saturated carbocycles. The van der Waals surface area contributed by atoms with Gasteiger partial charge in [0.05, 0.1) is 0 Å². The van der Waals surface area contributed by atoms with Crippen molar-refractivity contribution in [3.8, 4) is 0 Å². The molecule has 3 aromatic rings. The minimum Gasteiger partial charge on any atom is -0.355 e. The minimum atomic E-state index is 0.772. The van der Waals surface area contributed by atoms with Gasteiger partial charge in [0.2, 0.25) is 0 Å². The lowest BCUT2D eigenvalue weighted by atomic mass is 9.90. The third-order valence-corrected chi connectivity index (χ3v) is 4.71. The Morgan fingerprint density at radius 3 is 2.57 bits per heavy atom. The number of hydrogen-bond acceptors (Lipinski definition) is 4. The van der Waals surface area contributed by atoms with Crippen molar-refractivity contribution in [3.63, 3.8) is 0 Å². The van der Waals surface area contributed by atoms with Crippen molar-refractivity contribution in [2.75, 3.05) is 18.0 Å². The largest absolute Gasteiger partial charge is 0.355 e. The van der Waals surface area contributed by atoms with Crippen LogP contribution in [-0.2, 0) is 6.42 Å². The molecule has 5 heteroatoms. The van der Waals surface area contributed by atoms with E-state index < -0.39 is 0 Å². The van der Waals surface area contributed by atoms with Gasteiger partial charge in [-0.25, -0.2) is 0 Å². The normalized spacial score (nSPS) is 16.1. The van der Waals surface area contributed by atoms with Crippen LogP contribution in [0.25, 0.3) is 5.65 Å². The number of aryl methyl sites for hydroxylation is 1. The van der Waals surface area contributed by atoms with Crippen molar-refractivity contribution in [1.82, 2.24) is 19.8 Å². The zero-order valence-electron chi connectivity index (χ0n) is 13.4. The highest BCUT2D eigenvalue weighted by atomic mass is 15.4. The van der Waals surface area contributed by atoms with Crippen molar-refractivity contribution in [2.24, 2.45) is 5.92 Å². The second-order valence-corrected chi connectivity index (χ2v) is 6.33. The van der Waals surface area contributed by atoms with Gasteiger partial charge in [-0.05, 0) is 49.8 Å². The van der Waals surface area contributed by atoms with Gasteiger partial charge in [-0.2, -0.15) is 4.52 Å². The first-order valence-electron chi connectivity index (χ1n) is 8.27. The van der Waals surface area contributed by atoms with Crippen LogP contribution in [0.2, 0.25) is 0 Å². The van der Waals surface area contributed by atoms with Crippen LogP contribution in [0.3, 0.4) is 0 Å². The number of piperidine rings is 1. The molecule has 1 aliphatic rings. The molecule has 0 N–H and O–H groups in total. The summed E-state index contributed by atoms with van der Waals surface area (Å²) in [6, 6.07) is 14.9. The maximum absolute atomic E-state index is 4.69. The van der Waals surface area contributed by atoms with E-state index in [1.165, 1.54) is 24.8 Å². The first-order valence-corrected chi connectivity index (χ1v) is 8.27. The first kappa shape index (κ1) is 14.2. The topological polar surface area (TPSA) is 46.3 Å². The van der Waals surface area contributed by atoms with Crippen LogP contribution >= 0.6 is 0 Å². The predicted molar refractivity (Wildman–Crippen MR) is 90.6 cm³/mol. The summed E-state index contributed by atoms with van der Waals surface area (Å²) in [6.07, 6.45) is 3.62. The molecule has 0 radical (unpaired) electrons. The van der Waals surface area contributed by atoms with Crippen LogP contribution in [-0.4, -0.2) is 32.9 Å². The SMILES string of the molecule is Cc1nnc2ccc(N3CCC(Cc4ccccc4)CC3)nn12. The summed E-state index contributed by atoms with van der Waals surface area (Å²) in [5.41, 5.74) is 2.26. The Morgan fingerprint density at radius 2 is 1.78 bits per heavy atom. The van der Waals surface area contributed by atoms with Crippen molar-refractivity contribution < 1.29 is 0 Å². The van der Waals surface area contributed by atoms with Gasteiger partial charge < -0.3 is 4.90 Å². The van der Waals surface area contributed by atoms with Crippen LogP contribution in [0.15, 0.2) is 42.5 Å². The maximum atomic E-state index is 4.69. The predicted octanol–water partition coefficient (Wildman–Crippen LogP) is 2.89. The second kappa shape index (κ2) is 5.99. The van der Waals surface area contributed by atoms with E-state index in [1.54, 1.807) is 0 Å².